The average molecular weight is 298 g/mol. The van der Waals surface area contributed by atoms with E-state index in [0.29, 0.717) is 12.0 Å². The first-order valence-corrected chi connectivity index (χ1v) is 6.98. The molecule has 0 aliphatic carbocycles. The van der Waals surface area contributed by atoms with Gasteiger partial charge in [0.05, 0.1) is 11.7 Å². The fourth-order valence-corrected chi connectivity index (χ4v) is 3.00. The molecule has 17 heavy (non-hydrogen) atoms. The minimum atomic E-state index is 0.448. The zero-order valence-electron chi connectivity index (χ0n) is 10.5. The molecule has 1 aliphatic heterocycles. The third-order valence-corrected chi connectivity index (χ3v) is 4.00. The molecule has 0 saturated carbocycles. The molecule has 1 aliphatic rings. The van der Waals surface area contributed by atoms with E-state index < -0.39 is 0 Å². The Bertz CT molecular complexity index is 350. The van der Waals surface area contributed by atoms with Crippen LogP contribution in [0.4, 0.5) is 0 Å². The highest BCUT2D eigenvalue weighted by Crippen LogP contribution is 2.33. The van der Waals surface area contributed by atoms with Crippen molar-refractivity contribution in [3.63, 3.8) is 0 Å². The van der Waals surface area contributed by atoms with E-state index in [1.54, 1.807) is 0 Å². The van der Waals surface area contributed by atoms with E-state index in [4.69, 9.17) is 0 Å². The van der Waals surface area contributed by atoms with Crippen LogP contribution < -0.4 is 5.32 Å². The van der Waals surface area contributed by atoms with Crippen molar-refractivity contribution in [1.29, 1.82) is 0 Å². The molecule has 2 rings (SSSR count). The molecular formula is C13H20BrN3. The van der Waals surface area contributed by atoms with Gasteiger partial charge in [0.15, 0.2) is 0 Å². The summed E-state index contributed by atoms with van der Waals surface area (Å²) in [5.74, 6) is 0.660. The maximum absolute atomic E-state index is 4.57. The van der Waals surface area contributed by atoms with Crippen LogP contribution in [0.1, 0.15) is 24.6 Å². The lowest BCUT2D eigenvalue weighted by Gasteiger charge is -2.38. The van der Waals surface area contributed by atoms with E-state index in [0.717, 1.165) is 11.0 Å². The summed E-state index contributed by atoms with van der Waals surface area (Å²) in [7, 11) is 4.23. The zero-order valence-corrected chi connectivity index (χ0v) is 12.1. The molecule has 1 aromatic rings. The number of piperidine rings is 1. The topological polar surface area (TPSA) is 28.2 Å². The minimum absolute atomic E-state index is 0.448. The highest BCUT2D eigenvalue weighted by Gasteiger charge is 2.30. The maximum atomic E-state index is 4.57. The third kappa shape index (κ3) is 3.06. The third-order valence-electron chi connectivity index (χ3n) is 3.53. The highest BCUT2D eigenvalue weighted by molar-refractivity contribution is 9.10. The fourth-order valence-electron chi connectivity index (χ4n) is 2.77. The van der Waals surface area contributed by atoms with Crippen LogP contribution in [-0.2, 0) is 0 Å². The lowest BCUT2D eigenvalue weighted by atomic mass is 9.87. The van der Waals surface area contributed by atoms with Crippen molar-refractivity contribution >= 4 is 15.9 Å². The van der Waals surface area contributed by atoms with Crippen molar-refractivity contribution in [2.75, 3.05) is 27.2 Å². The van der Waals surface area contributed by atoms with Gasteiger partial charge in [0.25, 0.3) is 0 Å². The Hall–Kier alpha value is -0.450. The number of nitrogens with zero attached hydrogens (tertiary/aromatic N) is 2. The first-order valence-electron chi connectivity index (χ1n) is 6.18. The summed E-state index contributed by atoms with van der Waals surface area (Å²) in [6, 6.07) is 4.67. The second-order valence-electron chi connectivity index (χ2n) is 4.79. The van der Waals surface area contributed by atoms with E-state index in [1.807, 2.05) is 13.2 Å². The first kappa shape index (κ1) is 13.0. The van der Waals surface area contributed by atoms with E-state index in [2.05, 4.69) is 50.3 Å². The lowest BCUT2D eigenvalue weighted by Crippen LogP contribution is -2.40. The van der Waals surface area contributed by atoms with Gasteiger partial charge in [-0.2, -0.15) is 0 Å². The van der Waals surface area contributed by atoms with Crippen molar-refractivity contribution in [3.8, 4) is 0 Å². The summed E-state index contributed by atoms with van der Waals surface area (Å²) in [6.07, 6.45) is 4.47. The van der Waals surface area contributed by atoms with Gasteiger partial charge in [-0.15, -0.1) is 0 Å². The van der Waals surface area contributed by atoms with Crippen molar-refractivity contribution in [2.24, 2.45) is 5.92 Å². The number of likely N-dealkylation sites (tertiary alicyclic amines) is 1. The summed E-state index contributed by atoms with van der Waals surface area (Å²) in [5, 5.41) is 3.31. The predicted molar refractivity (Wildman–Crippen MR) is 74.0 cm³/mol. The fraction of sp³-hybridized carbons (Fsp3) is 0.615. The normalized spacial score (nSPS) is 26.1. The molecule has 2 heterocycles. The lowest BCUT2D eigenvalue weighted by molar-refractivity contribution is 0.117. The smallest absolute Gasteiger partial charge is 0.0579 e. The van der Waals surface area contributed by atoms with Gasteiger partial charge in [0.2, 0.25) is 0 Å². The van der Waals surface area contributed by atoms with E-state index in [1.165, 1.54) is 25.1 Å². The van der Waals surface area contributed by atoms with Gasteiger partial charge in [-0.1, -0.05) is 0 Å². The van der Waals surface area contributed by atoms with Crippen LogP contribution in [-0.4, -0.2) is 37.1 Å². The molecule has 1 N–H and O–H groups in total. The number of aromatic nitrogens is 1. The second-order valence-corrected chi connectivity index (χ2v) is 5.70. The minimum Gasteiger partial charge on any atom is -0.319 e. The van der Waals surface area contributed by atoms with Crippen molar-refractivity contribution in [2.45, 2.75) is 18.9 Å². The van der Waals surface area contributed by atoms with Crippen LogP contribution in [0, 0.1) is 5.92 Å². The Kier molecular flexibility index (Phi) is 4.54. The van der Waals surface area contributed by atoms with Crippen LogP contribution in [0.15, 0.2) is 22.8 Å². The molecule has 1 fully saturated rings. The molecule has 2 atom stereocenters. The van der Waals surface area contributed by atoms with Crippen LogP contribution in [0.5, 0.6) is 0 Å². The first-order chi connectivity index (χ1) is 8.22. The van der Waals surface area contributed by atoms with Gasteiger partial charge in [-0.05, 0) is 74.0 Å². The van der Waals surface area contributed by atoms with Gasteiger partial charge in [0.1, 0.15) is 0 Å². The van der Waals surface area contributed by atoms with Crippen LogP contribution in [0.3, 0.4) is 0 Å². The average Bonchev–Trinajstić information content (AvgIpc) is 2.32. The molecule has 0 bridgehead atoms. The molecule has 1 aromatic heterocycles. The Morgan fingerprint density at radius 3 is 3.00 bits per heavy atom. The molecular weight excluding hydrogens is 278 g/mol. The largest absolute Gasteiger partial charge is 0.319 e. The van der Waals surface area contributed by atoms with Gasteiger partial charge in [-0.25, -0.2) is 0 Å². The summed E-state index contributed by atoms with van der Waals surface area (Å²) in [4.78, 5) is 7.00. The number of rotatable bonds is 3. The number of pyridine rings is 1. The van der Waals surface area contributed by atoms with E-state index in [-0.39, 0.29) is 0 Å². The van der Waals surface area contributed by atoms with Crippen molar-refractivity contribution in [3.05, 3.63) is 28.5 Å². The molecule has 1 saturated heterocycles. The van der Waals surface area contributed by atoms with Gasteiger partial charge >= 0.3 is 0 Å². The standard InChI is InChI=1S/C13H20BrN3/c1-15-8-10-4-3-7-17(2)13(10)12-6-5-11(14)9-16-12/h5-6,9-10,13,15H,3-4,7-8H2,1-2H3. The van der Waals surface area contributed by atoms with Gasteiger partial charge < -0.3 is 5.32 Å². The Labute approximate surface area is 112 Å². The molecule has 0 spiro atoms. The molecule has 4 heteroatoms. The summed E-state index contributed by atoms with van der Waals surface area (Å²) >= 11 is 3.44. The SMILES string of the molecule is CNCC1CCCN(C)C1c1ccc(Br)cn1. The molecule has 0 amide bonds. The molecule has 3 nitrogen and oxygen atoms in total. The highest BCUT2D eigenvalue weighted by atomic mass is 79.9. The number of nitrogens with one attached hydrogen (secondary N) is 1. The Morgan fingerprint density at radius 2 is 2.35 bits per heavy atom. The van der Waals surface area contributed by atoms with Gasteiger partial charge in [-0.3, -0.25) is 9.88 Å². The van der Waals surface area contributed by atoms with E-state index in [9.17, 15) is 0 Å². The summed E-state index contributed by atoms with van der Waals surface area (Å²) < 4.78 is 1.05. The van der Waals surface area contributed by atoms with Crippen molar-refractivity contribution < 1.29 is 0 Å². The Balaban J connectivity index is 2.21. The molecule has 0 radical (unpaired) electrons. The van der Waals surface area contributed by atoms with Crippen molar-refractivity contribution in [1.82, 2.24) is 15.2 Å². The monoisotopic (exact) mass is 297 g/mol. The summed E-state index contributed by atoms with van der Waals surface area (Å²) in [5.41, 5.74) is 1.19. The molecule has 0 aromatic carbocycles. The Morgan fingerprint density at radius 1 is 1.53 bits per heavy atom. The van der Waals surface area contributed by atoms with Crippen LogP contribution in [0.25, 0.3) is 0 Å². The van der Waals surface area contributed by atoms with Crippen LogP contribution in [0.2, 0.25) is 0 Å². The zero-order chi connectivity index (χ0) is 12.3. The maximum Gasteiger partial charge on any atom is 0.0579 e. The quantitative estimate of drug-likeness (QED) is 0.929. The number of halogens is 1. The molecule has 2 unspecified atom stereocenters. The summed E-state index contributed by atoms with van der Waals surface area (Å²) in [6.45, 7) is 2.23. The molecule has 94 valence electrons. The van der Waals surface area contributed by atoms with E-state index >= 15 is 0 Å². The van der Waals surface area contributed by atoms with Gasteiger partial charge in [0, 0.05) is 10.7 Å². The van der Waals surface area contributed by atoms with Crippen LogP contribution >= 0.6 is 15.9 Å². The number of hydrogen-bond acceptors (Lipinski definition) is 3. The second kappa shape index (κ2) is 5.94. The number of hydrogen-bond donors (Lipinski definition) is 1. The predicted octanol–water partition coefficient (Wildman–Crippen LogP) is 2.45.